The van der Waals surface area contributed by atoms with E-state index in [1.165, 1.54) is 0 Å². The first-order valence-corrected chi connectivity index (χ1v) is 9.82. The fourth-order valence-corrected chi connectivity index (χ4v) is 3.55. The molecule has 0 spiro atoms. The summed E-state index contributed by atoms with van der Waals surface area (Å²) in [6.45, 7) is 9.27. The predicted octanol–water partition coefficient (Wildman–Crippen LogP) is 2.47. The average molecular weight is 393 g/mol. The highest BCUT2D eigenvalue weighted by Crippen LogP contribution is 2.32. The topological polar surface area (TPSA) is 92.0 Å². The standard InChI is InChI=1S/C21H27N7O/c1-21(2,3)19-13-28(8-7-22-19)20-23-11-17(25-26-20)16-6-5-14(9-18(16)29)15-10-24-27(4)12-15/h5-6,9-12,19,22,29H,7-8,13H2,1-4H3/t19-/m1/s1. The van der Waals surface area contributed by atoms with Crippen LogP contribution in [-0.2, 0) is 7.05 Å². The molecule has 0 unspecified atom stereocenters. The van der Waals surface area contributed by atoms with Gasteiger partial charge in [0.25, 0.3) is 0 Å². The van der Waals surface area contributed by atoms with Crippen LogP contribution in [0, 0.1) is 5.41 Å². The van der Waals surface area contributed by atoms with Crippen LogP contribution in [0.2, 0.25) is 0 Å². The molecule has 0 saturated carbocycles. The van der Waals surface area contributed by atoms with Crippen LogP contribution >= 0.6 is 0 Å². The monoisotopic (exact) mass is 393 g/mol. The SMILES string of the molecule is Cn1cc(-c2ccc(-c3cnc(N4CCN[C@@H](C(C)(C)C)C4)nn3)c(O)c2)cn1. The molecule has 3 heterocycles. The van der Waals surface area contributed by atoms with Crippen molar-refractivity contribution in [3.8, 4) is 28.1 Å². The fourth-order valence-electron chi connectivity index (χ4n) is 3.55. The van der Waals surface area contributed by atoms with Gasteiger partial charge in [-0.05, 0) is 23.1 Å². The number of aromatic hydroxyl groups is 1. The Kier molecular flexibility index (Phi) is 4.96. The van der Waals surface area contributed by atoms with Gasteiger partial charge in [-0.2, -0.15) is 5.10 Å². The maximum absolute atomic E-state index is 10.5. The molecule has 2 N–H and O–H groups in total. The first-order chi connectivity index (χ1) is 13.8. The zero-order chi connectivity index (χ0) is 20.6. The summed E-state index contributed by atoms with van der Waals surface area (Å²) in [7, 11) is 1.86. The molecule has 8 nitrogen and oxygen atoms in total. The molecule has 4 rings (SSSR count). The number of aryl methyl sites for hydroxylation is 1. The van der Waals surface area contributed by atoms with Gasteiger partial charge in [-0.25, -0.2) is 4.98 Å². The lowest BCUT2D eigenvalue weighted by molar-refractivity contribution is 0.252. The lowest BCUT2D eigenvalue weighted by Crippen LogP contribution is -2.56. The van der Waals surface area contributed by atoms with Crippen molar-refractivity contribution >= 4 is 5.95 Å². The van der Waals surface area contributed by atoms with E-state index in [-0.39, 0.29) is 11.2 Å². The van der Waals surface area contributed by atoms with Gasteiger partial charge in [0, 0.05) is 50.0 Å². The maximum Gasteiger partial charge on any atom is 0.245 e. The molecule has 1 saturated heterocycles. The summed E-state index contributed by atoms with van der Waals surface area (Å²) in [5, 5.41) is 26.9. The third-order valence-electron chi connectivity index (χ3n) is 5.37. The van der Waals surface area contributed by atoms with Crippen LogP contribution in [-0.4, -0.2) is 55.7 Å². The third kappa shape index (κ3) is 4.07. The van der Waals surface area contributed by atoms with Gasteiger partial charge in [-0.3, -0.25) is 4.68 Å². The number of anilines is 1. The van der Waals surface area contributed by atoms with Crippen molar-refractivity contribution in [1.82, 2.24) is 30.3 Å². The van der Waals surface area contributed by atoms with Gasteiger partial charge in [0.1, 0.15) is 11.4 Å². The van der Waals surface area contributed by atoms with Crippen molar-refractivity contribution < 1.29 is 5.11 Å². The number of benzene rings is 1. The van der Waals surface area contributed by atoms with E-state index in [0.717, 1.165) is 30.8 Å². The molecule has 1 aliphatic heterocycles. The van der Waals surface area contributed by atoms with Crippen LogP contribution in [0.4, 0.5) is 5.95 Å². The van der Waals surface area contributed by atoms with Gasteiger partial charge < -0.3 is 15.3 Å². The molecule has 152 valence electrons. The quantitative estimate of drug-likeness (QED) is 0.706. The number of hydrogen-bond donors (Lipinski definition) is 2. The highest BCUT2D eigenvalue weighted by Gasteiger charge is 2.30. The Hall–Kier alpha value is -3.00. The Morgan fingerprint density at radius 1 is 1.14 bits per heavy atom. The lowest BCUT2D eigenvalue weighted by Gasteiger charge is -2.40. The van der Waals surface area contributed by atoms with Crippen LogP contribution in [0.1, 0.15) is 20.8 Å². The van der Waals surface area contributed by atoms with Crippen molar-refractivity contribution in [1.29, 1.82) is 0 Å². The molecule has 29 heavy (non-hydrogen) atoms. The van der Waals surface area contributed by atoms with Crippen molar-refractivity contribution in [2.24, 2.45) is 12.5 Å². The number of hydrogen-bond acceptors (Lipinski definition) is 7. The summed E-state index contributed by atoms with van der Waals surface area (Å²) in [6, 6.07) is 5.85. The zero-order valence-corrected chi connectivity index (χ0v) is 17.3. The van der Waals surface area contributed by atoms with Crippen LogP contribution in [0.15, 0.2) is 36.8 Å². The normalized spacial score (nSPS) is 17.5. The van der Waals surface area contributed by atoms with E-state index in [4.69, 9.17) is 0 Å². The first-order valence-electron chi connectivity index (χ1n) is 9.82. The molecule has 1 atom stereocenters. The minimum Gasteiger partial charge on any atom is -0.507 e. The summed E-state index contributed by atoms with van der Waals surface area (Å²) in [4.78, 5) is 6.68. The third-order valence-corrected chi connectivity index (χ3v) is 5.37. The zero-order valence-electron chi connectivity index (χ0n) is 17.3. The number of piperazine rings is 1. The first kappa shape index (κ1) is 19.3. The Morgan fingerprint density at radius 2 is 1.97 bits per heavy atom. The van der Waals surface area contributed by atoms with Gasteiger partial charge in [0.15, 0.2) is 0 Å². The van der Waals surface area contributed by atoms with Crippen molar-refractivity contribution in [3.63, 3.8) is 0 Å². The summed E-state index contributed by atoms with van der Waals surface area (Å²) in [6.07, 6.45) is 5.35. The number of phenolic OH excluding ortho intramolecular Hbond substituents is 1. The van der Waals surface area contributed by atoms with Crippen LogP contribution in [0.3, 0.4) is 0 Å². The molecule has 8 heteroatoms. The molecule has 1 aliphatic rings. The summed E-state index contributed by atoms with van der Waals surface area (Å²) in [5.41, 5.74) is 3.16. The van der Waals surface area contributed by atoms with Crippen molar-refractivity contribution in [2.75, 3.05) is 24.5 Å². The average Bonchev–Trinajstić information content (AvgIpc) is 3.14. The number of rotatable bonds is 3. The molecule has 1 aromatic carbocycles. The summed E-state index contributed by atoms with van der Waals surface area (Å²) >= 11 is 0. The van der Waals surface area contributed by atoms with E-state index in [2.05, 4.69) is 51.3 Å². The van der Waals surface area contributed by atoms with Gasteiger partial charge in [0.2, 0.25) is 5.95 Å². The fraction of sp³-hybridized carbons (Fsp3) is 0.429. The molecule has 0 radical (unpaired) electrons. The van der Waals surface area contributed by atoms with E-state index >= 15 is 0 Å². The van der Waals surface area contributed by atoms with Crippen LogP contribution in [0.25, 0.3) is 22.4 Å². The maximum atomic E-state index is 10.5. The van der Waals surface area contributed by atoms with Crippen LogP contribution in [0.5, 0.6) is 5.75 Å². The van der Waals surface area contributed by atoms with Crippen LogP contribution < -0.4 is 10.2 Å². The Bertz CT molecular complexity index is 991. The van der Waals surface area contributed by atoms with E-state index in [0.29, 0.717) is 23.2 Å². The van der Waals surface area contributed by atoms with E-state index in [1.807, 2.05) is 25.4 Å². The minimum atomic E-state index is 0.144. The molecule has 0 aliphatic carbocycles. The summed E-state index contributed by atoms with van der Waals surface area (Å²) < 4.78 is 1.73. The van der Waals surface area contributed by atoms with Gasteiger partial charge >= 0.3 is 0 Å². The molecule has 2 aromatic heterocycles. The van der Waals surface area contributed by atoms with E-state index in [9.17, 15) is 5.11 Å². The number of aromatic nitrogens is 5. The second kappa shape index (κ2) is 7.44. The predicted molar refractivity (Wildman–Crippen MR) is 113 cm³/mol. The minimum absolute atomic E-state index is 0.144. The summed E-state index contributed by atoms with van der Waals surface area (Å²) in [5.74, 6) is 0.765. The smallest absolute Gasteiger partial charge is 0.245 e. The van der Waals surface area contributed by atoms with Crippen molar-refractivity contribution in [2.45, 2.75) is 26.8 Å². The lowest BCUT2D eigenvalue weighted by atomic mass is 9.85. The number of phenols is 1. The Labute approximate surface area is 170 Å². The molecule has 0 bridgehead atoms. The number of nitrogens with one attached hydrogen (secondary N) is 1. The molecule has 0 amide bonds. The molecular weight excluding hydrogens is 366 g/mol. The van der Waals surface area contributed by atoms with Gasteiger partial charge in [-0.15, -0.1) is 10.2 Å². The molecule has 1 fully saturated rings. The van der Waals surface area contributed by atoms with Gasteiger partial charge in [0.05, 0.1) is 12.4 Å². The second-order valence-corrected chi connectivity index (χ2v) is 8.60. The number of nitrogens with zero attached hydrogens (tertiary/aromatic N) is 6. The second-order valence-electron chi connectivity index (χ2n) is 8.60. The highest BCUT2D eigenvalue weighted by molar-refractivity contribution is 5.73. The molecular formula is C21H27N7O. The Morgan fingerprint density at radius 3 is 2.59 bits per heavy atom. The largest absolute Gasteiger partial charge is 0.507 e. The Balaban J connectivity index is 1.53. The highest BCUT2D eigenvalue weighted by atomic mass is 16.3. The van der Waals surface area contributed by atoms with E-state index in [1.54, 1.807) is 23.1 Å². The van der Waals surface area contributed by atoms with E-state index < -0.39 is 0 Å². The van der Waals surface area contributed by atoms with Gasteiger partial charge in [-0.1, -0.05) is 26.8 Å². The van der Waals surface area contributed by atoms with Crippen molar-refractivity contribution in [3.05, 3.63) is 36.8 Å². The molecule has 3 aromatic rings.